The van der Waals surface area contributed by atoms with E-state index >= 15 is 14.4 Å². The Morgan fingerprint density at radius 2 is 1.05 bits per heavy atom. The van der Waals surface area contributed by atoms with Gasteiger partial charge in [0.1, 0.15) is 31.4 Å². The summed E-state index contributed by atoms with van der Waals surface area (Å²) in [5.74, 6) is -8.90. The molecule has 16 nitrogen and oxygen atoms in total. The van der Waals surface area contributed by atoms with E-state index in [2.05, 4.69) is 5.32 Å². The predicted octanol–water partition coefficient (Wildman–Crippen LogP) is 10.6. The number of hydrogen-bond donors (Lipinski definition) is 1. The molecule has 78 heavy (non-hydrogen) atoms. The van der Waals surface area contributed by atoms with Gasteiger partial charge in [0.15, 0.2) is 18.4 Å². The minimum atomic E-state index is -2.24. The highest BCUT2D eigenvalue weighted by Crippen LogP contribution is 2.48. The SMILES string of the molecule is CC[C@H](C)[C@H](NC(=O)OCC1c2ccccc2-c2ccccc21)C(=O)N(C(C)=O)[C@@H]1O[C@H](COC(=O)c2ccccc2)[C@@H](OC(=O)c2ccccc2)[C@H](OC(=O)c2ccccc2)[C@H]1N1C(=O)c2c(Cl)c(Cl)c(Cl)c(Cl)c2C1=O. The summed E-state index contributed by atoms with van der Waals surface area (Å²) in [6, 6.07) is 34.4. The van der Waals surface area contributed by atoms with E-state index in [0.717, 1.165) is 29.2 Å². The molecule has 6 aromatic carbocycles. The first-order chi connectivity index (χ1) is 37.5. The molecule has 5 amide bonds. The zero-order valence-corrected chi connectivity index (χ0v) is 44.8. The number of nitrogens with zero attached hydrogens (tertiary/aromatic N) is 2. The fourth-order valence-electron chi connectivity index (χ4n) is 9.85. The largest absolute Gasteiger partial charge is 0.459 e. The van der Waals surface area contributed by atoms with Crippen LogP contribution in [-0.4, -0.2) is 107 Å². The lowest BCUT2D eigenvalue weighted by molar-refractivity contribution is -0.238. The zero-order valence-electron chi connectivity index (χ0n) is 41.7. The van der Waals surface area contributed by atoms with Crippen molar-refractivity contribution in [3.63, 3.8) is 0 Å². The average Bonchev–Trinajstić information content (AvgIpc) is 4.10. The third kappa shape index (κ3) is 10.7. The summed E-state index contributed by atoms with van der Waals surface area (Å²) in [5, 5.41) is 0.833. The van der Waals surface area contributed by atoms with E-state index in [4.69, 9.17) is 70.1 Å². The first-order valence-corrected chi connectivity index (χ1v) is 26.1. The van der Waals surface area contributed by atoms with Crippen LogP contribution in [0.3, 0.4) is 0 Å². The molecule has 1 aliphatic carbocycles. The standard InChI is InChI=1S/C58H47Cl4N3O13/c1-4-30(2)47(63-58(73)75-28-39-37-26-16-14-24-35(37)36-25-15-17-27-38(36)39)53(69)64(31(3)66)54-48(65-51(67)41-42(52(65)68)44(60)46(62)45(61)43(41)59)50(78-57(72)34-22-12-7-13-23-34)49(77-56(71)33-20-10-6-11-21-33)40(76-54)29-74-55(70)32-18-8-5-9-19-32/h5-27,30,39-40,47-50,54H,4,28-29H2,1-3H3,(H,63,73)/t30-,40+,47-,48+,49+,50+,54+/m0/s1. The van der Waals surface area contributed by atoms with Crippen LogP contribution < -0.4 is 5.32 Å². The molecule has 2 heterocycles. The van der Waals surface area contributed by atoms with Gasteiger partial charge in [-0.1, -0.05) is 170 Å². The van der Waals surface area contributed by atoms with Crippen molar-refractivity contribution in [1.82, 2.24) is 15.1 Å². The maximum absolute atomic E-state index is 15.6. The molecule has 1 saturated heterocycles. The molecule has 20 heteroatoms. The van der Waals surface area contributed by atoms with Crippen molar-refractivity contribution in [1.29, 1.82) is 0 Å². The summed E-state index contributed by atoms with van der Waals surface area (Å²) in [4.78, 5) is 118. The van der Waals surface area contributed by atoms with Gasteiger partial charge >= 0.3 is 24.0 Å². The zero-order chi connectivity index (χ0) is 55.5. The number of fused-ring (bicyclic) bond motifs is 4. The van der Waals surface area contributed by atoms with Crippen molar-refractivity contribution < 1.29 is 62.0 Å². The van der Waals surface area contributed by atoms with E-state index in [9.17, 15) is 24.0 Å². The minimum Gasteiger partial charge on any atom is -0.459 e. The van der Waals surface area contributed by atoms with Crippen LogP contribution >= 0.6 is 46.4 Å². The van der Waals surface area contributed by atoms with Crippen LogP contribution in [0.2, 0.25) is 20.1 Å². The molecule has 2 aliphatic heterocycles. The first kappa shape index (κ1) is 55.2. The van der Waals surface area contributed by atoms with Crippen molar-refractivity contribution >= 4 is 94.0 Å². The van der Waals surface area contributed by atoms with Gasteiger partial charge in [-0.05, 0) is 64.6 Å². The van der Waals surface area contributed by atoms with E-state index in [1.807, 2.05) is 48.5 Å². The van der Waals surface area contributed by atoms with Gasteiger partial charge in [-0.25, -0.2) is 19.2 Å². The summed E-state index contributed by atoms with van der Waals surface area (Å²) < 4.78 is 30.8. The molecule has 0 bridgehead atoms. The molecule has 0 aromatic heterocycles. The van der Waals surface area contributed by atoms with Gasteiger partial charge in [0.05, 0.1) is 47.9 Å². The summed E-state index contributed by atoms with van der Waals surface area (Å²) in [5.41, 5.74) is 2.66. The normalized spacial score (nSPS) is 19.1. The third-order valence-electron chi connectivity index (χ3n) is 13.9. The molecule has 0 radical (unpaired) electrons. The van der Waals surface area contributed by atoms with Crippen LogP contribution in [0.4, 0.5) is 4.79 Å². The lowest BCUT2D eigenvalue weighted by atomic mass is 9.91. The van der Waals surface area contributed by atoms with Crippen molar-refractivity contribution in [2.24, 2.45) is 5.92 Å². The van der Waals surface area contributed by atoms with E-state index in [1.165, 1.54) is 48.5 Å². The highest BCUT2D eigenvalue weighted by Gasteiger charge is 2.61. The van der Waals surface area contributed by atoms with E-state index in [0.29, 0.717) is 9.80 Å². The second kappa shape index (κ2) is 23.6. The number of carbonyl (C=O) groups is 8. The molecule has 9 rings (SSSR count). The van der Waals surface area contributed by atoms with Crippen molar-refractivity contribution in [3.8, 4) is 11.1 Å². The fourth-order valence-corrected chi connectivity index (χ4v) is 10.9. The number of rotatable bonds is 15. The van der Waals surface area contributed by atoms with Gasteiger partial charge in [-0.2, -0.15) is 0 Å². The number of nitrogens with one attached hydrogen (secondary N) is 1. The molecule has 0 spiro atoms. The Morgan fingerprint density at radius 1 is 0.603 bits per heavy atom. The Bertz CT molecular complexity index is 3260. The molecule has 7 atom stereocenters. The fraction of sp³-hybridized carbons (Fsp3) is 0.241. The van der Waals surface area contributed by atoms with Crippen LogP contribution in [0.5, 0.6) is 0 Å². The number of halogens is 4. The summed E-state index contributed by atoms with van der Waals surface area (Å²) in [7, 11) is 0. The Morgan fingerprint density at radius 3 is 1.53 bits per heavy atom. The minimum absolute atomic E-state index is 0.0239. The second-order valence-corrected chi connectivity index (χ2v) is 20.1. The number of imide groups is 2. The number of hydrogen-bond acceptors (Lipinski definition) is 13. The Labute approximate surface area is 467 Å². The van der Waals surface area contributed by atoms with E-state index < -0.39 is 128 Å². The first-order valence-electron chi connectivity index (χ1n) is 24.6. The van der Waals surface area contributed by atoms with Crippen LogP contribution in [-0.2, 0) is 33.3 Å². The van der Waals surface area contributed by atoms with E-state index in [-0.39, 0.29) is 35.6 Å². The highest BCUT2D eigenvalue weighted by atomic mass is 35.5. The van der Waals surface area contributed by atoms with Gasteiger partial charge < -0.3 is 29.0 Å². The van der Waals surface area contributed by atoms with Gasteiger partial charge in [-0.15, -0.1) is 0 Å². The molecule has 0 saturated carbocycles. The van der Waals surface area contributed by atoms with Crippen LogP contribution in [0.15, 0.2) is 140 Å². The molecule has 3 aliphatic rings. The number of carbonyl (C=O) groups excluding carboxylic acids is 8. The Hall–Kier alpha value is -7.60. The van der Waals surface area contributed by atoms with Crippen molar-refractivity contribution in [2.45, 2.75) is 69.7 Å². The highest BCUT2D eigenvalue weighted by molar-refractivity contribution is 6.55. The number of esters is 3. The lowest BCUT2D eigenvalue weighted by Gasteiger charge is -2.50. The third-order valence-corrected chi connectivity index (χ3v) is 15.7. The topological polar surface area (TPSA) is 201 Å². The average molecular weight is 1140 g/mol. The van der Waals surface area contributed by atoms with Crippen LogP contribution in [0, 0.1) is 5.92 Å². The van der Waals surface area contributed by atoms with Crippen molar-refractivity contribution in [2.75, 3.05) is 13.2 Å². The van der Waals surface area contributed by atoms with Gasteiger partial charge in [0.25, 0.3) is 17.7 Å². The number of ether oxygens (including phenoxy) is 5. The van der Waals surface area contributed by atoms with Gasteiger partial charge in [0.2, 0.25) is 5.91 Å². The predicted molar refractivity (Wildman–Crippen MR) is 286 cm³/mol. The molecular weight excluding hydrogens is 1090 g/mol. The monoisotopic (exact) mass is 1130 g/mol. The molecule has 0 unspecified atom stereocenters. The molecule has 1 N–H and O–H groups in total. The summed E-state index contributed by atoms with van der Waals surface area (Å²) in [6.45, 7) is 3.35. The smallest absolute Gasteiger partial charge is 0.407 e. The second-order valence-electron chi connectivity index (χ2n) is 18.5. The summed E-state index contributed by atoms with van der Waals surface area (Å²) in [6.07, 6.45) is -8.92. The van der Waals surface area contributed by atoms with Gasteiger partial charge in [-0.3, -0.25) is 29.0 Å². The molecule has 6 aromatic rings. The Kier molecular flexibility index (Phi) is 16.7. The quantitative estimate of drug-likeness (QED) is 0.0335. The number of alkyl carbamates (subject to hydrolysis) is 1. The van der Waals surface area contributed by atoms with E-state index in [1.54, 1.807) is 56.3 Å². The Balaban J connectivity index is 1.17. The molecular formula is C58H47Cl4N3O13. The summed E-state index contributed by atoms with van der Waals surface area (Å²) >= 11 is 26.3. The number of benzene rings is 6. The van der Waals surface area contributed by atoms with Gasteiger partial charge in [0, 0.05) is 12.8 Å². The number of amides is 5. The van der Waals surface area contributed by atoms with Crippen LogP contribution in [0.25, 0.3) is 11.1 Å². The molecule has 1 fully saturated rings. The van der Waals surface area contributed by atoms with Crippen LogP contribution in [0.1, 0.15) is 96.0 Å². The lowest BCUT2D eigenvalue weighted by Crippen LogP contribution is -2.72. The van der Waals surface area contributed by atoms with Crippen molar-refractivity contribution in [3.05, 3.63) is 199 Å². The maximum atomic E-state index is 15.6. The molecule has 400 valence electrons. The maximum Gasteiger partial charge on any atom is 0.407 e.